The summed E-state index contributed by atoms with van der Waals surface area (Å²) in [6.45, 7) is 4.18. The number of rotatable bonds is 4. The van der Waals surface area contributed by atoms with Crippen LogP contribution in [0.15, 0.2) is 54.6 Å². The first kappa shape index (κ1) is 18.8. The summed E-state index contributed by atoms with van der Waals surface area (Å²) in [5.41, 5.74) is 3.11. The minimum Gasteiger partial charge on any atom is -0.267 e. The van der Waals surface area contributed by atoms with Crippen molar-refractivity contribution in [1.82, 2.24) is 4.68 Å². The largest absolute Gasteiger partial charge is 0.274 e. The first-order chi connectivity index (χ1) is 12.4. The van der Waals surface area contributed by atoms with Crippen molar-refractivity contribution < 1.29 is 4.79 Å². The lowest BCUT2D eigenvalue weighted by Gasteiger charge is -2.28. The molecule has 0 aliphatic rings. The van der Waals surface area contributed by atoms with Gasteiger partial charge in [-0.05, 0) is 55.8 Å². The molecule has 0 aliphatic heterocycles. The van der Waals surface area contributed by atoms with Crippen molar-refractivity contribution in [3.63, 3.8) is 0 Å². The van der Waals surface area contributed by atoms with Gasteiger partial charge in [-0.2, -0.15) is 0 Å². The van der Waals surface area contributed by atoms with E-state index in [2.05, 4.69) is 0 Å². The minimum absolute atomic E-state index is 0.205. The summed E-state index contributed by atoms with van der Waals surface area (Å²) in [6, 6.07) is 16.2. The van der Waals surface area contributed by atoms with Crippen LogP contribution in [0.25, 0.3) is 0 Å². The Labute approximate surface area is 167 Å². The van der Waals surface area contributed by atoms with E-state index in [9.17, 15) is 4.79 Å². The van der Waals surface area contributed by atoms with E-state index in [1.165, 1.54) is 0 Å². The van der Waals surface area contributed by atoms with Gasteiger partial charge in [-0.3, -0.25) is 9.47 Å². The predicted octanol–water partition coefficient (Wildman–Crippen LogP) is 6.04. The van der Waals surface area contributed by atoms with E-state index in [0.29, 0.717) is 20.6 Å². The van der Waals surface area contributed by atoms with Crippen molar-refractivity contribution in [2.24, 2.45) is 0 Å². The standard InChI is InChI=1S/C20H17Cl3N2O/c1-13-7-8-14(2)25(13)24(12-15-9-10-16(21)11-19(15)23)20(26)17-5-3-4-6-18(17)22/h3-11H,12H2,1-2H3. The average molecular weight is 408 g/mol. The smallest absolute Gasteiger partial charge is 0.267 e. The summed E-state index contributed by atoms with van der Waals surface area (Å²) >= 11 is 18.6. The van der Waals surface area contributed by atoms with E-state index in [1.54, 1.807) is 41.4 Å². The quantitative estimate of drug-likeness (QED) is 0.517. The van der Waals surface area contributed by atoms with Crippen LogP contribution in [0.5, 0.6) is 0 Å². The molecule has 134 valence electrons. The maximum Gasteiger partial charge on any atom is 0.274 e. The number of carbonyl (C=O) groups excluding carboxylic acids is 1. The molecule has 0 atom stereocenters. The van der Waals surface area contributed by atoms with E-state index < -0.39 is 0 Å². The number of hydrogen-bond acceptors (Lipinski definition) is 1. The molecule has 0 bridgehead atoms. The van der Waals surface area contributed by atoms with Crippen molar-refractivity contribution in [2.45, 2.75) is 20.4 Å². The second-order valence-corrected chi connectivity index (χ2v) is 7.26. The van der Waals surface area contributed by atoms with Gasteiger partial charge in [0, 0.05) is 21.4 Å². The number of hydrogen-bond donors (Lipinski definition) is 0. The fourth-order valence-electron chi connectivity index (χ4n) is 2.86. The molecule has 2 aromatic carbocycles. The van der Waals surface area contributed by atoms with E-state index in [1.807, 2.05) is 36.7 Å². The van der Waals surface area contributed by atoms with Gasteiger partial charge < -0.3 is 0 Å². The normalized spacial score (nSPS) is 10.8. The maximum atomic E-state index is 13.3. The van der Waals surface area contributed by atoms with Crippen LogP contribution in [0.4, 0.5) is 0 Å². The topological polar surface area (TPSA) is 25.2 Å². The third kappa shape index (κ3) is 3.75. The molecule has 6 heteroatoms. The summed E-state index contributed by atoms with van der Waals surface area (Å²) in [7, 11) is 0. The fraction of sp³-hybridized carbons (Fsp3) is 0.150. The van der Waals surface area contributed by atoms with Gasteiger partial charge in [0.25, 0.3) is 5.91 Å². The lowest BCUT2D eigenvalue weighted by Crippen LogP contribution is -2.41. The molecule has 26 heavy (non-hydrogen) atoms. The van der Waals surface area contributed by atoms with Gasteiger partial charge in [-0.15, -0.1) is 0 Å². The van der Waals surface area contributed by atoms with Crippen LogP contribution < -0.4 is 5.01 Å². The highest BCUT2D eigenvalue weighted by Crippen LogP contribution is 2.25. The number of carbonyl (C=O) groups is 1. The Kier molecular flexibility index (Phi) is 5.61. The van der Waals surface area contributed by atoms with Gasteiger partial charge in [0.2, 0.25) is 0 Å². The number of aromatic nitrogens is 1. The van der Waals surface area contributed by atoms with Gasteiger partial charge >= 0.3 is 0 Å². The zero-order chi connectivity index (χ0) is 18.8. The Balaban J connectivity index is 2.08. The number of nitrogens with zero attached hydrogens (tertiary/aromatic N) is 2. The molecule has 3 nitrogen and oxygen atoms in total. The first-order valence-electron chi connectivity index (χ1n) is 8.04. The molecule has 1 heterocycles. The predicted molar refractivity (Wildman–Crippen MR) is 108 cm³/mol. The molecule has 3 rings (SSSR count). The van der Waals surface area contributed by atoms with Crippen molar-refractivity contribution in [1.29, 1.82) is 0 Å². The Morgan fingerprint density at radius 1 is 0.923 bits per heavy atom. The monoisotopic (exact) mass is 406 g/mol. The number of benzene rings is 2. The van der Waals surface area contributed by atoms with Crippen LogP contribution in [-0.4, -0.2) is 10.6 Å². The molecule has 1 aromatic heterocycles. The van der Waals surface area contributed by atoms with E-state index in [-0.39, 0.29) is 12.5 Å². The van der Waals surface area contributed by atoms with Crippen molar-refractivity contribution in [3.8, 4) is 0 Å². The van der Waals surface area contributed by atoms with Crippen molar-refractivity contribution in [2.75, 3.05) is 5.01 Å². The Bertz CT molecular complexity index is 946. The zero-order valence-electron chi connectivity index (χ0n) is 14.3. The molecule has 0 unspecified atom stereocenters. The molecule has 1 amide bonds. The molecule has 0 N–H and O–H groups in total. The lowest BCUT2D eigenvalue weighted by atomic mass is 10.1. The summed E-state index contributed by atoms with van der Waals surface area (Å²) < 4.78 is 1.87. The lowest BCUT2D eigenvalue weighted by molar-refractivity contribution is 0.0954. The van der Waals surface area contributed by atoms with E-state index >= 15 is 0 Å². The molecular formula is C20H17Cl3N2O. The molecule has 0 saturated heterocycles. The van der Waals surface area contributed by atoms with E-state index in [0.717, 1.165) is 17.0 Å². The molecule has 0 radical (unpaired) electrons. The Hall–Kier alpha value is -1.94. The van der Waals surface area contributed by atoms with Crippen molar-refractivity contribution >= 4 is 40.7 Å². The molecule has 0 aliphatic carbocycles. The zero-order valence-corrected chi connectivity index (χ0v) is 16.6. The molecule has 3 aromatic rings. The minimum atomic E-state index is -0.205. The molecule has 0 saturated carbocycles. The molecule has 0 fully saturated rings. The average Bonchev–Trinajstić information content (AvgIpc) is 2.93. The highest BCUT2D eigenvalue weighted by atomic mass is 35.5. The maximum absolute atomic E-state index is 13.3. The van der Waals surface area contributed by atoms with Gasteiger partial charge in [0.05, 0.1) is 17.1 Å². The van der Waals surface area contributed by atoms with Gasteiger partial charge in [0.15, 0.2) is 0 Å². The van der Waals surface area contributed by atoms with Gasteiger partial charge in [-0.1, -0.05) is 53.0 Å². The van der Waals surface area contributed by atoms with Crippen LogP contribution in [0.3, 0.4) is 0 Å². The van der Waals surface area contributed by atoms with Gasteiger partial charge in [0.1, 0.15) is 0 Å². The fourth-order valence-corrected chi connectivity index (χ4v) is 3.54. The third-order valence-corrected chi connectivity index (χ3v) is 5.07. The highest BCUT2D eigenvalue weighted by molar-refractivity contribution is 6.35. The first-order valence-corrected chi connectivity index (χ1v) is 9.17. The summed E-state index contributed by atoms with van der Waals surface area (Å²) in [5, 5.41) is 3.11. The second kappa shape index (κ2) is 7.75. The van der Waals surface area contributed by atoms with E-state index in [4.69, 9.17) is 34.8 Å². The van der Waals surface area contributed by atoms with Crippen LogP contribution in [-0.2, 0) is 6.54 Å². The molecule has 0 spiro atoms. The molecular weight excluding hydrogens is 391 g/mol. The summed E-state index contributed by atoms with van der Waals surface area (Å²) in [6.07, 6.45) is 0. The second-order valence-electron chi connectivity index (χ2n) is 6.01. The number of amides is 1. The summed E-state index contributed by atoms with van der Waals surface area (Å²) in [5.74, 6) is -0.205. The SMILES string of the molecule is Cc1ccc(C)n1N(Cc1ccc(Cl)cc1Cl)C(=O)c1ccccc1Cl. The number of aryl methyl sites for hydroxylation is 2. The Morgan fingerprint density at radius 2 is 1.58 bits per heavy atom. The third-order valence-electron chi connectivity index (χ3n) is 4.15. The van der Waals surface area contributed by atoms with Crippen LogP contribution in [0.1, 0.15) is 27.3 Å². The van der Waals surface area contributed by atoms with Crippen LogP contribution in [0, 0.1) is 13.8 Å². The van der Waals surface area contributed by atoms with Crippen molar-refractivity contribution in [3.05, 3.63) is 92.2 Å². The Morgan fingerprint density at radius 3 is 2.19 bits per heavy atom. The number of halogens is 3. The highest BCUT2D eigenvalue weighted by Gasteiger charge is 2.23. The van der Waals surface area contributed by atoms with Crippen LogP contribution >= 0.6 is 34.8 Å². The summed E-state index contributed by atoms with van der Waals surface area (Å²) in [4.78, 5) is 13.3. The van der Waals surface area contributed by atoms with Gasteiger partial charge in [-0.25, -0.2) is 5.01 Å². The van der Waals surface area contributed by atoms with Crippen LogP contribution in [0.2, 0.25) is 15.1 Å².